The number of nitrogens with one attached hydrogen (secondary N) is 1. The fourth-order valence-electron chi connectivity index (χ4n) is 3.15. The summed E-state index contributed by atoms with van der Waals surface area (Å²) in [6, 6.07) is 7.28. The Balaban J connectivity index is 1.90. The second-order valence-electron chi connectivity index (χ2n) is 7.18. The molecule has 10 heteroatoms. The van der Waals surface area contributed by atoms with Gasteiger partial charge < -0.3 is 5.32 Å². The van der Waals surface area contributed by atoms with Crippen molar-refractivity contribution in [3.05, 3.63) is 69.4 Å². The van der Waals surface area contributed by atoms with Gasteiger partial charge in [0.1, 0.15) is 6.54 Å². The van der Waals surface area contributed by atoms with E-state index < -0.39 is 23.2 Å². The summed E-state index contributed by atoms with van der Waals surface area (Å²) in [4.78, 5) is 29.8. The van der Waals surface area contributed by atoms with Crippen molar-refractivity contribution in [2.24, 2.45) is 0 Å². The minimum Gasteiger partial charge on any atom is -0.325 e. The van der Waals surface area contributed by atoms with E-state index >= 15 is 0 Å². The molecule has 7 nitrogen and oxygen atoms in total. The first-order valence-corrected chi connectivity index (χ1v) is 9.70. The number of nitrogens with zero attached hydrogens (tertiary/aromatic N) is 4. The Morgan fingerprint density at radius 3 is 2.35 bits per heavy atom. The van der Waals surface area contributed by atoms with Crippen LogP contribution in [0.15, 0.2) is 41.2 Å². The lowest BCUT2D eigenvalue weighted by Gasteiger charge is -2.14. The van der Waals surface area contributed by atoms with Gasteiger partial charge >= 0.3 is 6.18 Å². The first kappa shape index (κ1) is 22.3. The van der Waals surface area contributed by atoms with Gasteiger partial charge in [-0.15, -0.1) is 0 Å². The molecule has 0 fully saturated rings. The fraction of sp³-hybridized carbons (Fsp3) is 0.333. The van der Waals surface area contributed by atoms with E-state index in [2.05, 4.69) is 15.4 Å². The molecule has 0 atom stereocenters. The molecule has 2 heterocycles. The van der Waals surface area contributed by atoms with E-state index in [0.717, 1.165) is 42.1 Å². The number of aryl methyl sites for hydroxylation is 3. The van der Waals surface area contributed by atoms with Crippen molar-refractivity contribution in [1.29, 1.82) is 0 Å². The molecule has 0 saturated carbocycles. The highest BCUT2D eigenvalue weighted by molar-refractivity contribution is 5.90. The quantitative estimate of drug-likeness (QED) is 0.643. The van der Waals surface area contributed by atoms with Gasteiger partial charge in [0.25, 0.3) is 5.56 Å². The molecule has 0 unspecified atom stereocenters. The molecule has 1 N–H and O–H groups in total. The normalized spacial score (nSPS) is 11.5. The van der Waals surface area contributed by atoms with E-state index in [1.807, 2.05) is 19.9 Å². The SMILES string of the molecule is CCCc1cc(=O)n(CC(=O)Nc2ccc(C(F)(F)F)cc2)c(-n2nc(C)cc2C)n1. The Morgan fingerprint density at radius 2 is 1.81 bits per heavy atom. The monoisotopic (exact) mass is 433 g/mol. The lowest BCUT2D eigenvalue weighted by Crippen LogP contribution is -2.32. The number of benzene rings is 1. The van der Waals surface area contributed by atoms with Gasteiger partial charge in [-0.1, -0.05) is 13.3 Å². The number of aromatic nitrogens is 4. The van der Waals surface area contributed by atoms with Gasteiger partial charge in [-0.3, -0.25) is 14.2 Å². The molecule has 1 amide bonds. The number of hydrogen-bond acceptors (Lipinski definition) is 4. The molecule has 0 aliphatic rings. The molecule has 0 aliphatic carbocycles. The summed E-state index contributed by atoms with van der Waals surface area (Å²) in [5, 5.41) is 6.87. The highest BCUT2D eigenvalue weighted by atomic mass is 19.4. The minimum atomic E-state index is -4.46. The van der Waals surface area contributed by atoms with Gasteiger partial charge in [-0.25, -0.2) is 9.67 Å². The van der Waals surface area contributed by atoms with Crippen LogP contribution >= 0.6 is 0 Å². The van der Waals surface area contributed by atoms with Gasteiger partial charge in [0.2, 0.25) is 11.9 Å². The van der Waals surface area contributed by atoms with E-state index in [0.29, 0.717) is 12.1 Å². The number of anilines is 1. The maximum absolute atomic E-state index is 12.7. The number of rotatable bonds is 6. The smallest absolute Gasteiger partial charge is 0.325 e. The Bertz CT molecular complexity index is 1150. The second kappa shape index (κ2) is 8.75. The van der Waals surface area contributed by atoms with E-state index in [1.54, 1.807) is 6.92 Å². The first-order valence-electron chi connectivity index (χ1n) is 9.70. The van der Waals surface area contributed by atoms with Crippen LogP contribution in [-0.2, 0) is 23.9 Å². The first-order chi connectivity index (χ1) is 14.6. The van der Waals surface area contributed by atoms with Crippen molar-refractivity contribution in [3.63, 3.8) is 0 Å². The van der Waals surface area contributed by atoms with Crippen molar-refractivity contribution in [2.45, 2.75) is 46.3 Å². The number of alkyl halides is 3. The summed E-state index contributed by atoms with van der Waals surface area (Å²) in [6.07, 6.45) is -3.07. The third kappa shape index (κ3) is 5.19. The van der Waals surface area contributed by atoms with Gasteiger partial charge in [0.05, 0.1) is 11.3 Å². The second-order valence-corrected chi connectivity index (χ2v) is 7.18. The van der Waals surface area contributed by atoms with Gasteiger partial charge in [-0.2, -0.15) is 18.3 Å². The van der Waals surface area contributed by atoms with Crippen LogP contribution in [0, 0.1) is 13.8 Å². The molecule has 31 heavy (non-hydrogen) atoms. The van der Waals surface area contributed by atoms with Crippen molar-refractivity contribution < 1.29 is 18.0 Å². The third-order valence-corrected chi connectivity index (χ3v) is 4.54. The van der Waals surface area contributed by atoms with Crippen molar-refractivity contribution in [2.75, 3.05) is 5.32 Å². The standard InChI is InChI=1S/C21H22F3N5O2/c1-4-5-17-11-19(31)28(20(26-17)29-14(3)10-13(2)27-29)12-18(30)25-16-8-6-15(7-9-16)21(22,23)24/h6-11H,4-5,12H2,1-3H3,(H,25,30). The summed E-state index contributed by atoms with van der Waals surface area (Å²) in [5.41, 5.74) is 1.03. The summed E-state index contributed by atoms with van der Waals surface area (Å²) < 4.78 is 40.8. The van der Waals surface area contributed by atoms with E-state index in [-0.39, 0.29) is 18.2 Å². The van der Waals surface area contributed by atoms with Crippen LogP contribution in [0.25, 0.3) is 5.95 Å². The zero-order valence-corrected chi connectivity index (χ0v) is 17.3. The fourth-order valence-corrected chi connectivity index (χ4v) is 3.15. The predicted molar refractivity (Wildman–Crippen MR) is 109 cm³/mol. The molecule has 3 aromatic rings. The summed E-state index contributed by atoms with van der Waals surface area (Å²) in [6.45, 7) is 5.21. The minimum absolute atomic E-state index is 0.189. The van der Waals surface area contributed by atoms with E-state index in [4.69, 9.17) is 0 Å². The van der Waals surface area contributed by atoms with Crippen molar-refractivity contribution in [1.82, 2.24) is 19.3 Å². The third-order valence-electron chi connectivity index (χ3n) is 4.54. The highest BCUT2D eigenvalue weighted by Gasteiger charge is 2.30. The van der Waals surface area contributed by atoms with Crippen LogP contribution < -0.4 is 10.9 Å². The number of carbonyl (C=O) groups is 1. The predicted octanol–water partition coefficient (Wildman–Crippen LogP) is 3.66. The molecular weight excluding hydrogens is 411 g/mol. The summed E-state index contributed by atoms with van der Waals surface area (Å²) in [5.74, 6) is -0.362. The van der Waals surface area contributed by atoms with E-state index in [9.17, 15) is 22.8 Å². The Kier molecular flexibility index (Phi) is 6.28. The average Bonchev–Trinajstić information content (AvgIpc) is 3.01. The van der Waals surface area contributed by atoms with Crippen LogP contribution in [0.3, 0.4) is 0 Å². The Labute approximate surface area is 176 Å². The largest absolute Gasteiger partial charge is 0.416 e. The molecule has 0 radical (unpaired) electrons. The van der Waals surface area contributed by atoms with Crippen molar-refractivity contribution in [3.8, 4) is 5.95 Å². The maximum Gasteiger partial charge on any atom is 0.416 e. The highest BCUT2D eigenvalue weighted by Crippen LogP contribution is 2.29. The molecule has 0 spiro atoms. The van der Waals surface area contributed by atoms with Crippen molar-refractivity contribution >= 4 is 11.6 Å². The molecule has 164 valence electrons. The average molecular weight is 433 g/mol. The molecule has 2 aromatic heterocycles. The van der Waals surface area contributed by atoms with Gasteiger partial charge in [-0.05, 0) is 50.6 Å². The molecular formula is C21H22F3N5O2. The Morgan fingerprint density at radius 1 is 1.13 bits per heavy atom. The van der Waals surface area contributed by atoms with E-state index in [1.165, 1.54) is 15.3 Å². The molecule has 0 aliphatic heterocycles. The zero-order valence-electron chi connectivity index (χ0n) is 17.3. The zero-order chi connectivity index (χ0) is 22.8. The summed E-state index contributed by atoms with van der Waals surface area (Å²) >= 11 is 0. The lowest BCUT2D eigenvalue weighted by molar-refractivity contribution is -0.137. The maximum atomic E-state index is 12.7. The lowest BCUT2D eigenvalue weighted by atomic mass is 10.2. The van der Waals surface area contributed by atoms with Crippen LogP contribution in [0.1, 0.15) is 36.0 Å². The Hall–Kier alpha value is -3.43. The number of hydrogen-bond donors (Lipinski definition) is 1. The van der Waals surface area contributed by atoms with Gasteiger partial charge in [0, 0.05) is 23.1 Å². The molecule has 0 bridgehead atoms. The van der Waals surface area contributed by atoms with Crippen LogP contribution in [0.2, 0.25) is 0 Å². The molecule has 0 saturated heterocycles. The van der Waals surface area contributed by atoms with Gasteiger partial charge in [0.15, 0.2) is 0 Å². The van der Waals surface area contributed by atoms with Crippen LogP contribution in [0.4, 0.5) is 18.9 Å². The molecule has 1 aromatic carbocycles. The number of halogens is 3. The topological polar surface area (TPSA) is 81.8 Å². The van der Waals surface area contributed by atoms with Crippen LogP contribution in [-0.4, -0.2) is 25.2 Å². The number of amides is 1. The molecule has 3 rings (SSSR count). The van der Waals surface area contributed by atoms with Crippen LogP contribution in [0.5, 0.6) is 0 Å². The summed E-state index contributed by atoms with van der Waals surface area (Å²) in [7, 11) is 0. The number of carbonyl (C=O) groups excluding carboxylic acids is 1.